The van der Waals surface area contributed by atoms with Crippen LogP contribution in [0.4, 0.5) is 4.79 Å². The molecule has 3 amide bonds. The zero-order chi connectivity index (χ0) is 30.6. The van der Waals surface area contributed by atoms with Crippen molar-refractivity contribution in [1.82, 2.24) is 25.1 Å². The molecule has 5 aliphatic rings. The van der Waals surface area contributed by atoms with Gasteiger partial charge in [-0.1, -0.05) is 80.6 Å². The average Bonchev–Trinajstić information content (AvgIpc) is 3.11. The Bertz CT molecular complexity index is 1500. The maximum absolute atomic E-state index is 14.0. The fraction of sp³-hybridized carbons (Fsp3) is 0.429. The first kappa shape index (κ1) is 28.8. The molecule has 3 fully saturated rings. The van der Waals surface area contributed by atoms with Gasteiger partial charge in [0.2, 0.25) is 5.91 Å². The zero-order valence-corrected chi connectivity index (χ0v) is 25.8. The number of piperazine rings is 1. The van der Waals surface area contributed by atoms with E-state index in [2.05, 4.69) is 84.8 Å². The second kappa shape index (κ2) is 11.2. The van der Waals surface area contributed by atoms with Crippen molar-refractivity contribution in [2.45, 2.75) is 56.3 Å². The highest BCUT2D eigenvalue weighted by molar-refractivity contribution is 5.83. The normalized spacial score (nSPS) is 32.7. The summed E-state index contributed by atoms with van der Waals surface area (Å²) in [6.07, 6.45) is 10.0. The SMILES string of the molecule is COc1ccc(CNC(=O)N2[C@H]3CN4CC(c5ccccc5)C5=CC6OC(/C=C\C=C/5)C64[C@H](C(C)C)N3C(=O)CN2C)cc1. The molecule has 3 saturated heterocycles. The minimum atomic E-state index is -0.461. The first-order chi connectivity index (χ1) is 21.3. The summed E-state index contributed by atoms with van der Waals surface area (Å²) in [5, 5.41) is 6.65. The number of nitrogens with one attached hydrogen (secondary N) is 1. The summed E-state index contributed by atoms with van der Waals surface area (Å²) in [5.74, 6) is 1.06. The third-order valence-corrected chi connectivity index (χ3v) is 10.0. The Balaban J connectivity index is 1.27. The van der Waals surface area contributed by atoms with Crippen LogP contribution in [0.3, 0.4) is 0 Å². The lowest BCUT2D eigenvalue weighted by Crippen LogP contribution is -2.88. The van der Waals surface area contributed by atoms with Crippen LogP contribution in [0, 0.1) is 5.92 Å². The largest absolute Gasteiger partial charge is 0.497 e. The van der Waals surface area contributed by atoms with Crippen LogP contribution < -0.4 is 10.1 Å². The molecule has 6 atom stereocenters. The summed E-state index contributed by atoms with van der Waals surface area (Å²) < 4.78 is 11.9. The van der Waals surface area contributed by atoms with E-state index in [1.165, 1.54) is 11.1 Å². The number of hydrazine groups is 1. The average molecular weight is 596 g/mol. The van der Waals surface area contributed by atoms with Crippen molar-refractivity contribution >= 4 is 11.9 Å². The lowest BCUT2D eigenvalue weighted by atomic mass is 9.66. The lowest BCUT2D eigenvalue weighted by Gasteiger charge is -2.70. The van der Waals surface area contributed by atoms with E-state index in [1.807, 2.05) is 36.2 Å². The van der Waals surface area contributed by atoms with Gasteiger partial charge in [0, 0.05) is 32.6 Å². The van der Waals surface area contributed by atoms with Crippen LogP contribution in [0.25, 0.3) is 0 Å². The standard InChI is InChI=1S/C35H41N5O4/c1-23(2)33-35-29-13-9-8-12-26(18-30(35)44-29)28(25-10-6-5-7-11-25)20-38(35)21-31-39(33)32(41)22-37(3)40(31)34(42)36-19-24-14-16-27(43-4)17-15-24/h5-18,23,28-31,33H,19-22H2,1-4H3,(H,36,42)/b12-8-,13-9-/t28?,29?,30?,31-,33-,35?/m0/s1. The minimum absolute atomic E-state index is 0.0406. The number of hydrogen-bond acceptors (Lipinski definition) is 6. The van der Waals surface area contributed by atoms with Crippen LogP contribution in [0.15, 0.2) is 90.6 Å². The molecule has 5 aliphatic heterocycles. The van der Waals surface area contributed by atoms with Crippen molar-refractivity contribution in [1.29, 1.82) is 0 Å². The van der Waals surface area contributed by atoms with Gasteiger partial charge < -0.3 is 19.7 Å². The fourth-order valence-electron chi connectivity index (χ4n) is 8.15. The van der Waals surface area contributed by atoms with Gasteiger partial charge in [0.05, 0.1) is 19.7 Å². The van der Waals surface area contributed by atoms with Gasteiger partial charge in [0.15, 0.2) is 0 Å². The topological polar surface area (TPSA) is 77.6 Å². The maximum Gasteiger partial charge on any atom is 0.334 e. The number of ether oxygens (including phenoxy) is 2. The molecule has 0 aliphatic carbocycles. The Morgan fingerprint density at radius 1 is 1.07 bits per heavy atom. The predicted octanol–water partition coefficient (Wildman–Crippen LogP) is 3.92. The highest BCUT2D eigenvalue weighted by Crippen LogP contribution is 2.54. The van der Waals surface area contributed by atoms with E-state index in [4.69, 9.17) is 9.47 Å². The molecule has 2 aromatic rings. The summed E-state index contributed by atoms with van der Waals surface area (Å²) in [4.78, 5) is 32.6. The number of benzene rings is 2. The van der Waals surface area contributed by atoms with Gasteiger partial charge in [0.25, 0.3) is 0 Å². The van der Waals surface area contributed by atoms with Gasteiger partial charge in [-0.05, 0) is 40.8 Å². The van der Waals surface area contributed by atoms with Crippen LogP contribution in [-0.2, 0) is 16.1 Å². The van der Waals surface area contributed by atoms with E-state index in [0.29, 0.717) is 13.1 Å². The Morgan fingerprint density at radius 2 is 1.84 bits per heavy atom. The number of urea groups is 1. The Hall–Kier alpha value is -3.92. The van der Waals surface area contributed by atoms with Crippen LogP contribution >= 0.6 is 0 Å². The summed E-state index contributed by atoms with van der Waals surface area (Å²) in [5.41, 5.74) is 2.99. The number of amides is 3. The van der Waals surface area contributed by atoms with Gasteiger partial charge in [-0.3, -0.25) is 9.69 Å². The molecular formula is C35H41N5O4. The molecule has 44 heavy (non-hydrogen) atoms. The summed E-state index contributed by atoms with van der Waals surface area (Å²) in [7, 11) is 3.47. The number of nitrogens with zero attached hydrogens (tertiary/aromatic N) is 4. The Labute approximate surface area is 259 Å². The Kier molecular flexibility index (Phi) is 7.35. The van der Waals surface area contributed by atoms with Gasteiger partial charge >= 0.3 is 6.03 Å². The molecule has 4 unspecified atom stereocenters. The third-order valence-electron chi connectivity index (χ3n) is 10.0. The van der Waals surface area contributed by atoms with Gasteiger partial charge in [0.1, 0.15) is 29.7 Å². The number of likely N-dealkylation sites (N-methyl/N-ethyl adjacent to an activating group) is 1. The lowest BCUT2D eigenvalue weighted by molar-refractivity contribution is -0.290. The molecule has 5 heterocycles. The van der Waals surface area contributed by atoms with Crippen molar-refractivity contribution in [3.05, 3.63) is 102 Å². The Morgan fingerprint density at radius 3 is 2.57 bits per heavy atom. The fourth-order valence-corrected chi connectivity index (χ4v) is 8.15. The molecule has 0 radical (unpaired) electrons. The molecule has 1 spiro atoms. The van der Waals surface area contributed by atoms with E-state index in [9.17, 15) is 9.59 Å². The number of allylic oxidation sites excluding steroid dienone is 3. The molecule has 0 saturated carbocycles. The molecule has 230 valence electrons. The number of fused-ring (bicyclic) bond motifs is 2. The summed E-state index contributed by atoms with van der Waals surface area (Å²) in [6, 6.07) is 17.9. The van der Waals surface area contributed by atoms with E-state index >= 15 is 0 Å². The number of carbonyl (C=O) groups excluding carboxylic acids is 2. The first-order valence-corrected chi connectivity index (χ1v) is 15.6. The van der Waals surface area contributed by atoms with E-state index in [-0.39, 0.29) is 48.6 Å². The van der Waals surface area contributed by atoms with Crippen LogP contribution in [0.1, 0.15) is 30.9 Å². The predicted molar refractivity (Wildman–Crippen MR) is 167 cm³/mol. The maximum atomic E-state index is 14.0. The van der Waals surface area contributed by atoms with Crippen LogP contribution in [0.2, 0.25) is 0 Å². The minimum Gasteiger partial charge on any atom is -0.497 e. The zero-order valence-electron chi connectivity index (χ0n) is 25.8. The van der Waals surface area contributed by atoms with Crippen LogP contribution in [-0.4, -0.2) is 95.5 Å². The van der Waals surface area contributed by atoms with Gasteiger partial charge in [-0.15, -0.1) is 0 Å². The molecule has 1 N–H and O–H groups in total. The molecule has 7 rings (SSSR count). The number of hydrogen-bond donors (Lipinski definition) is 1. The highest BCUT2D eigenvalue weighted by atomic mass is 16.5. The molecule has 0 aromatic heterocycles. The second-order valence-corrected chi connectivity index (χ2v) is 12.8. The molecule has 3 bridgehead atoms. The monoisotopic (exact) mass is 595 g/mol. The summed E-state index contributed by atoms with van der Waals surface area (Å²) in [6.45, 7) is 6.17. The van der Waals surface area contributed by atoms with Crippen molar-refractivity contribution in [3.63, 3.8) is 0 Å². The molecular weight excluding hydrogens is 554 g/mol. The third kappa shape index (κ3) is 4.48. The van der Waals surface area contributed by atoms with E-state index in [0.717, 1.165) is 17.9 Å². The van der Waals surface area contributed by atoms with Crippen LogP contribution in [0.5, 0.6) is 5.75 Å². The smallest absolute Gasteiger partial charge is 0.334 e. The van der Waals surface area contributed by atoms with Crippen molar-refractivity contribution in [3.8, 4) is 5.75 Å². The van der Waals surface area contributed by atoms with Gasteiger partial charge in [-0.25, -0.2) is 14.8 Å². The number of rotatable bonds is 5. The van der Waals surface area contributed by atoms with Crippen molar-refractivity contribution in [2.24, 2.45) is 5.92 Å². The van der Waals surface area contributed by atoms with E-state index in [1.54, 1.807) is 17.1 Å². The summed E-state index contributed by atoms with van der Waals surface area (Å²) >= 11 is 0. The van der Waals surface area contributed by atoms with E-state index < -0.39 is 11.7 Å². The molecule has 2 aromatic carbocycles. The second-order valence-electron chi connectivity index (χ2n) is 12.8. The number of methoxy groups -OCH3 is 1. The van der Waals surface area contributed by atoms with Gasteiger partial charge in [-0.2, -0.15) is 0 Å². The highest BCUT2D eigenvalue weighted by Gasteiger charge is 2.70. The quantitative estimate of drug-likeness (QED) is 0.565. The first-order valence-electron chi connectivity index (χ1n) is 15.6. The molecule has 9 heteroatoms. The number of carbonyl (C=O) groups is 2. The molecule has 9 nitrogen and oxygen atoms in total. The van der Waals surface area contributed by atoms with Crippen molar-refractivity contribution in [2.75, 3.05) is 33.8 Å². The van der Waals surface area contributed by atoms with Crippen molar-refractivity contribution < 1.29 is 19.1 Å².